The van der Waals surface area contributed by atoms with Gasteiger partial charge in [0.2, 0.25) is 0 Å². The zero-order valence-electron chi connectivity index (χ0n) is 16.4. The summed E-state index contributed by atoms with van der Waals surface area (Å²) >= 11 is 6.34. The molecule has 2 aliphatic rings. The van der Waals surface area contributed by atoms with Crippen molar-refractivity contribution in [3.05, 3.63) is 23.2 Å². The van der Waals surface area contributed by atoms with Crippen LogP contribution in [0.2, 0.25) is 5.02 Å². The molecule has 0 saturated heterocycles. The number of rotatable bonds is 5. The molecule has 0 aliphatic heterocycles. The number of hydrogen-bond donors (Lipinski definition) is 2. The molecule has 0 radical (unpaired) electrons. The molecule has 150 valence electrons. The first-order chi connectivity index (χ1) is 12.4. The van der Waals surface area contributed by atoms with Gasteiger partial charge in [0.25, 0.3) is 0 Å². The molecule has 1 aromatic carbocycles. The summed E-state index contributed by atoms with van der Waals surface area (Å²) in [5, 5.41) is 13.7. The Bertz CT molecular complexity index is 712. The van der Waals surface area contributed by atoms with E-state index >= 15 is 0 Å². The second kappa shape index (κ2) is 6.84. The molecule has 1 aromatic rings. The second-order valence-corrected chi connectivity index (χ2v) is 10.2. The molecular formula is C21H29ClFNO3. The molecule has 0 atom stereocenters. The zero-order chi connectivity index (χ0) is 20.0. The van der Waals surface area contributed by atoms with Gasteiger partial charge in [-0.3, -0.25) is 0 Å². The van der Waals surface area contributed by atoms with E-state index in [4.69, 9.17) is 16.3 Å². The molecule has 0 unspecified atom stereocenters. The van der Waals surface area contributed by atoms with Crippen molar-refractivity contribution in [3.63, 3.8) is 0 Å². The van der Waals surface area contributed by atoms with Crippen molar-refractivity contribution in [2.75, 3.05) is 5.32 Å². The van der Waals surface area contributed by atoms with Crippen molar-refractivity contribution in [3.8, 4) is 5.75 Å². The number of carbonyl (C=O) groups is 1. The van der Waals surface area contributed by atoms with E-state index in [9.17, 15) is 14.3 Å². The second-order valence-electron chi connectivity index (χ2n) is 9.82. The van der Waals surface area contributed by atoms with E-state index in [-0.39, 0.29) is 16.9 Å². The average molecular weight is 398 g/mol. The standard InChI is InChI=1S/C21H29ClFNO3/c1-19(2)10-20(3,4)12-21(11-19,18(25)26)24-14-5-6-17(16(22)9-14)27-15-7-13(23)8-15/h5-6,9,13,15,24H,7-8,10-12H2,1-4H3,(H,25,26). The smallest absolute Gasteiger partial charge is 0.329 e. The van der Waals surface area contributed by atoms with Crippen LogP contribution in [0.5, 0.6) is 5.75 Å². The largest absolute Gasteiger partial charge is 0.489 e. The number of ether oxygens (including phenoxy) is 1. The predicted octanol–water partition coefficient (Wildman–Crippen LogP) is 5.69. The van der Waals surface area contributed by atoms with Crippen molar-refractivity contribution in [2.45, 2.75) is 77.6 Å². The summed E-state index contributed by atoms with van der Waals surface area (Å²) in [7, 11) is 0. The molecule has 0 aromatic heterocycles. The Morgan fingerprint density at radius 2 is 1.78 bits per heavy atom. The van der Waals surface area contributed by atoms with Crippen LogP contribution in [0.3, 0.4) is 0 Å². The number of aliphatic carboxylic acids is 1. The summed E-state index contributed by atoms with van der Waals surface area (Å²) in [6, 6.07) is 5.21. The first-order valence-corrected chi connectivity index (χ1v) is 9.90. The highest BCUT2D eigenvalue weighted by Gasteiger charge is 2.52. The molecule has 2 aliphatic carbocycles. The lowest BCUT2D eigenvalue weighted by molar-refractivity contribution is -0.147. The summed E-state index contributed by atoms with van der Waals surface area (Å²) in [5.41, 5.74) is -0.577. The van der Waals surface area contributed by atoms with E-state index < -0.39 is 17.7 Å². The Morgan fingerprint density at radius 3 is 2.26 bits per heavy atom. The monoisotopic (exact) mass is 397 g/mol. The van der Waals surface area contributed by atoms with Gasteiger partial charge in [0.15, 0.2) is 0 Å². The number of carboxylic acid groups (broad SMARTS) is 1. The van der Waals surface area contributed by atoms with Gasteiger partial charge in [0, 0.05) is 18.5 Å². The topological polar surface area (TPSA) is 58.6 Å². The quantitative estimate of drug-likeness (QED) is 0.669. The predicted molar refractivity (Wildman–Crippen MR) is 105 cm³/mol. The third kappa shape index (κ3) is 4.50. The first-order valence-electron chi connectivity index (χ1n) is 9.52. The molecule has 2 N–H and O–H groups in total. The fourth-order valence-corrected chi connectivity index (χ4v) is 5.36. The molecule has 2 fully saturated rings. The average Bonchev–Trinajstić information content (AvgIpc) is 2.44. The van der Waals surface area contributed by atoms with Crippen LogP contribution in [-0.2, 0) is 4.79 Å². The van der Waals surface area contributed by atoms with Crippen LogP contribution in [-0.4, -0.2) is 28.9 Å². The molecule has 2 saturated carbocycles. The third-order valence-electron chi connectivity index (χ3n) is 5.57. The van der Waals surface area contributed by atoms with Crippen LogP contribution in [0.1, 0.15) is 59.8 Å². The summed E-state index contributed by atoms with van der Waals surface area (Å²) in [6.07, 6.45) is 1.90. The van der Waals surface area contributed by atoms with Crippen molar-refractivity contribution in [1.29, 1.82) is 0 Å². The molecule has 4 nitrogen and oxygen atoms in total. The SMILES string of the molecule is CC1(C)CC(C)(C)CC(Nc2ccc(OC3CC(F)C3)c(Cl)c2)(C(=O)O)C1. The lowest BCUT2D eigenvalue weighted by Gasteiger charge is -2.50. The number of nitrogens with one attached hydrogen (secondary N) is 1. The summed E-state index contributed by atoms with van der Waals surface area (Å²) in [4.78, 5) is 12.3. The first kappa shape index (κ1) is 20.2. The van der Waals surface area contributed by atoms with E-state index in [1.165, 1.54) is 0 Å². The van der Waals surface area contributed by atoms with Crippen molar-refractivity contribution < 1.29 is 19.0 Å². The van der Waals surface area contributed by atoms with Gasteiger partial charge in [-0.25, -0.2) is 9.18 Å². The van der Waals surface area contributed by atoms with E-state index in [0.717, 1.165) is 6.42 Å². The molecule has 3 rings (SSSR count). The summed E-state index contributed by atoms with van der Waals surface area (Å²) in [5.74, 6) is -0.337. The van der Waals surface area contributed by atoms with Gasteiger partial charge < -0.3 is 15.2 Å². The maximum Gasteiger partial charge on any atom is 0.329 e. The number of benzene rings is 1. The minimum atomic E-state index is -1.05. The molecule has 0 spiro atoms. The van der Waals surface area contributed by atoms with Gasteiger partial charge in [0.05, 0.1) is 5.02 Å². The Morgan fingerprint density at radius 1 is 1.19 bits per heavy atom. The fraction of sp³-hybridized carbons (Fsp3) is 0.667. The van der Waals surface area contributed by atoms with Crippen LogP contribution in [0.4, 0.5) is 10.1 Å². The minimum Gasteiger partial charge on any atom is -0.489 e. The van der Waals surface area contributed by atoms with Gasteiger partial charge in [-0.15, -0.1) is 0 Å². The maximum absolute atomic E-state index is 13.0. The van der Waals surface area contributed by atoms with Crippen LogP contribution in [0, 0.1) is 10.8 Å². The molecular weight excluding hydrogens is 369 g/mol. The minimum absolute atomic E-state index is 0.0902. The third-order valence-corrected chi connectivity index (χ3v) is 5.87. The van der Waals surface area contributed by atoms with Crippen molar-refractivity contribution in [1.82, 2.24) is 0 Å². The van der Waals surface area contributed by atoms with Crippen LogP contribution in [0.25, 0.3) is 0 Å². The summed E-state index contributed by atoms with van der Waals surface area (Å²) in [6.45, 7) is 8.48. The number of anilines is 1. The van der Waals surface area contributed by atoms with E-state index in [1.807, 2.05) is 0 Å². The van der Waals surface area contributed by atoms with Gasteiger partial charge in [-0.2, -0.15) is 0 Å². The zero-order valence-corrected chi connectivity index (χ0v) is 17.2. The number of alkyl halides is 1. The number of hydrogen-bond acceptors (Lipinski definition) is 3. The highest BCUT2D eigenvalue weighted by molar-refractivity contribution is 6.32. The molecule has 6 heteroatoms. The van der Waals surface area contributed by atoms with Gasteiger partial charge in [-0.05, 0) is 48.3 Å². The van der Waals surface area contributed by atoms with Crippen LogP contribution >= 0.6 is 11.6 Å². The van der Waals surface area contributed by atoms with Crippen molar-refractivity contribution >= 4 is 23.3 Å². The lowest BCUT2D eigenvalue weighted by atomic mass is 9.58. The highest BCUT2D eigenvalue weighted by atomic mass is 35.5. The Labute approximate surface area is 165 Å². The highest BCUT2D eigenvalue weighted by Crippen LogP contribution is 2.51. The maximum atomic E-state index is 13.0. The normalized spacial score (nSPS) is 28.1. The van der Waals surface area contributed by atoms with Crippen molar-refractivity contribution in [2.24, 2.45) is 10.8 Å². The fourth-order valence-electron chi connectivity index (χ4n) is 5.14. The Balaban J connectivity index is 1.81. The van der Waals surface area contributed by atoms with Crippen LogP contribution < -0.4 is 10.1 Å². The molecule has 0 amide bonds. The van der Waals surface area contributed by atoms with E-state index in [2.05, 4.69) is 33.0 Å². The van der Waals surface area contributed by atoms with Crippen LogP contribution in [0.15, 0.2) is 18.2 Å². The lowest BCUT2D eigenvalue weighted by Crippen LogP contribution is -2.56. The van der Waals surface area contributed by atoms with E-state index in [0.29, 0.717) is 42.1 Å². The molecule has 0 heterocycles. The number of halogens is 2. The van der Waals surface area contributed by atoms with Gasteiger partial charge >= 0.3 is 5.97 Å². The Kier molecular flexibility index (Phi) is 5.13. The van der Waals surface area contributed by atoms with Gasteiger partial charge in [-0.1, -0.05) is 39.3 Å². The van der Waals surface area contributed by atoms with Gasteiger partial charge in [0.1, 0.15) is 23.6 Å². The number of carboxylic acids is 1. The molecule has 27 heavy (non-hydrogen) atoms. The summed E-state index contributed by atoms with van der Waals surface area (Å²) < 4.78 is 18.7. The Hall–Kier alpha value is -1.49. The van der Waals surface area contributed by atoms with E-state index in [1.54, 1.807) is 18.2 Å². The molecule has 0 bridgehead atoms.